The van der Waals surface area contributed by atoms with Crippen molar-refractivity contribution in [3.8, 4) is 0 Å². The van der Waals surface area contributed by atoms with Crippen LogP contribution >= 0.6 is 24.0 Å². The number of rotatable bonds is 6. The number of nitrogens with one attached hydrogen (secondary N) is 2. The molecule has 22 heavy (non-hydrogen) atoms. The zero-order valence-electron chi connectivity index (χ0n) is 12.9. The molecule has 6 heteroatoms. The van der Waals surface area contributed by atoms with E-state index in [1.165, 1.54) is 44.2 Å². The standard InChI is InChI=1S/C16H25FN4.HI/c17-13-6-4-9-15(12-13)19-10-5-11-20-16(18)21-14-7-2-1-3-8-14;/h4,6,9,12,14,19H,1-3,5,7-8,10-11H2,(H3,18,20,21);1H. The van der Waals surface area contributed by atoms with Gasteiger partial charge in [-0.05, 0) is 37.5 Å². The minimum absolute atomic E-state index is 0. The van der Waals surface area contributed by atoms with Gasteiger partial charge in [-0.15, -0.1) is 24.0 Å². The van der Waals surface area contributed by atoms with E-state index in [1.54, 1.807) is 6.07 Å². The van der Waals surface area contributed by atoms with Crippen LogP contribution < -0.4 is 16.4 Å². The van der Waals surface area contributed by atoms with Crippen molar-refractivity contribution >= 4 is 35.6 Å². The molecule has 4 nitrogen and oxygen atoms in total. The molecule has 0 bridgehead atoms. The summed E-state index contributed by atoms with van der Waals surface area (Å²) in [4.78, 5) is 4.34. The number of anilines is 1. The van der Waals surface area contributed by atoms with Crippen LogP contribution in [0.15, 0.2) is 29.3 Å². The summed E-state index contributed by atoms with van der Waals surface area (Å²) in [5, 5.41) is 6.46. The van der Waals surface area contributed by atoms with Crippen LogP contribution in [0.5, 0.6) is 0 Å². The Balaban J connectivity index is 0.00000242. The van der Waals surface area contributed by atoms with Crippen molar-refractivity contribution in [2.24, 2.45) is 10.7 Å². The molecule has 0 unspecified atom stereocenters. The Labute approximate surface area is 149 Å². The van der Waals surface area contributed by atoms with Gasteiger partial charge in [-0.1, -0.05) is 25.3 Å². The maximum atomic E-state index is 13.0. The van der Waals surface area contributed by atoms with Crippen molar-refractivity contribution in [2.75, 3.05) is 18.4 Å². The van der Waals surface area contributed by atoms with Gasteiger partial charge in [0.05, 0.1) is 0 Å². The van der Waals surface area contributed by atoms with Gasteiger partial charge in [-0.25, -0.2) is 4.39 Å². The first-order valence-electron chi connectivity index (χ1n) is 7.80. The van der Waals surface area contributed by atoms with Crippen LogP contribution in [0.3, 0.4) is 0 Å². The highest BCUT2D eigenvalue weighted by Gasteiger charge is 2.12. The second-order valence-electron chi connectivity index (χ2n) is 5.54. The zero-order valence-corrected chi connectivity index (χ0v) is 15.2. The number of guanidine groups is 1. The van der Waals surface area contributed by atoms with Crippen molar-refractivity contribution in [3.05, 3.63) is 30.1 Å². The Kier molecular flexibility index (Phi) is 9.19. The first-order chi connectivity index (χ1) is 10.2. The SMILES string of the molecule is I.NC(=NCCCNc1cccc(F)c1)NC1CCCCC1. The van der Waals surface area contributed by atoms with E-state index in [-0.39, 0.29) is 29.8 Å². The largest absolute Gasteiger partial charge is 0.385 e. The van der Waals surface area contributed by atoms with E-state index in [0.717, 1.165) is 18.7 Å². The minimum atomic E-state index is -0.223. The molecule has 0 heterocycles. The van der Waals surface area contributed by atoms with E-state index in [2.05, 4.69) is 15.6 Å². The van der Waals surface area contributed by atoms with Crippen molar-refractivity contribution < 1.29 is 4.39 Å². The van der Waals surface area contributed by atoms with Gasteiger partial charge in [0.1, 0.15) is 5.82 Å². The lowest BCUT2D eigenvalue weighted by Crippen LogP contribution is -2.41. The summed E-state index contributed by atoms with van der Waals surface area (Å²) in [6, 6.07) is 6.97. The molecular formula is C16H26FIN4. The summed E-state index contributed by atoms with van der Waals surface area (Å²) in [6.07, 6.45) is 7.14. The molecule has 2 rings (SSSR count). The Hall–Kier alpha value is -1.05. The van der Waals surface area contributed by atoms with E-state index < -0.39 is 0 Å². The number of nitrogens with zero attached hydrogens (tertiary/aromatic N) is 1. The third kappa shape index (κ3) is 7.29. The molecule has 124 valence electrons. The molecule has 0 aliphatic heterocycles. The van der Waals surface area contributed by atoms with Crippen LogP contribution in [0.4, 0.5) is 10.1 Å². The van der Waals surface area contributed by atoms with Crippen LogP contribution in [0.25, 0.3) is 0 Å². The summed E-state index contributed by atoms with van der Waals surface area (Å²) in [5.74, 6) is 0.326. The fraction of sp³-hybridized carbons (Fsp3) is 0.562. The number of halogens is 2. The summed E-state index contributed by atoms with van der Waals surface area (Å²) < 4.78 is 13.0. The highest BCUT2D eigenvalue weighted by atomic mass is 127. The summed E-state index contributed by atoms with van der Waals surface area (Å²) >= 11 is 0. The first-order valence-corrected chi connectivity index (χ1v) is 7.80. The smallest absolute Gasteiger partial charge is 0.188 e. The molecule has 0 amide bonds. The Morgan fingerprint density at radius 2 is 2.05 bits per heavy atom. The van der Waals surface area contributed by atoms with Crippen molar-refractivity contribution in [2.45, 2.75) is 44.6 Å². The van der Waals surface area contributed by atoms with Crippen LogP contribution in [0.1, 0.15) is 38.5 Å². The molecule has 0 aromatic heterocycles. The Bertz CT molecular complexity index is 461. The van der Waals surface area contributed by atoms with Crippen LogP contribution in [-0.2, 0) is 0 Å². The van der Waals surface area contributed by atoms with E-state index in [9.17, 15) is 4.39 Å². The summed E-state index contributed by atoms with van der Waals surface area (Å²) in [7, 11) is 0. The highest BCUT2D eigenvalue weighted by Crippen LogP contribution is 2.17. The molecular weight excluding hydrogens is 394 g/mol. The number of hydrogen-bond donors (Lipinski definition) is 3. The van der Waals surface area contributed by atoms with Crippen LogP contribution in [0.2, 0.25) is 0 Å². The molecule has 0 spiro atoms. The van der Waals surface area contributed by atoms with E-state index in [0.29, 0.717) is 18.5 Å². The Morgan fingerprint density at radius 3 is 2.77 bits per heavy atom. The van der Waals surface area contributed by atoms with Crippen LogP contribution in [-0.4, -0.2) is 25.1 Å². The van der Waals surface area contributed by atoms with Crippen LogP contribution in [0, 0.1) is 5.82 Å². The van der Waals surface area contributed by atoms with E-state index in [4.69, 9.17) is 5.73 Å². The predicted molar refractivity (Wildman–Crippen MR) is 101 cm³/mol. The quantitative estimate of drug-likeness (QED) is 0.286. The number of benzene rings is 1. The highest BCUT2D eigenvalue weighted by molar-refractivity contribution is 14.0. The van der Waals surface area contributed by atoms with Gasteiger partial charge < -0.3 is 16.4 Å². The average molecular weight is 420 g/mol. The molecule has 1 aromatic carbocycles. The van der Waals surface area contributed by atoms with Crippen molar-refractivity contribution in [1.82, 2.24) is 5.32 Å². The maximum absolute atomic E-state index is 13.0. The zero-order chi connectivity index (χ0) is 14.9. The molecule has 1 aliphatic carbocycles. The van der Waals surface area contributed by atoms with Crippen molar-refractivity contribution in [3.63, 3.8) is 0 Å². The lowest BCUT2D eigenvalue weighted by atomic mass is 9.96. The predicted octanol–water partition coefficient (Wildman–Crippen LogP) is 3.48. The second-order valence-corrected chi connectivity index (χ2v) is 5.54. The fourth-order valence-corrected chi connectivity index (χ4v) is 2.61. The molecule has 1 aromatic rings. The lowest BCUT2D eigenvalue weighted by Gasteiger charge is -2.23. The second kappa shape index (κ2) is 10.6. The van der Waals surface area contributed by atoms with Gasteiger partial charge in [0.25, 0.3) is 0 Å². The monoisotopic (exact) mass is 420 g/mol. The normalized spacial score (nSPS) is 16.0. The third-order valence-corrected chi connectivity index (χ3v) is 3.73. The number of hydrogen-bond acceptors (Lipinski definition) is 2. The topological polar surface area (TPSA) is 62.4 Å². The summed E-state index contributed by atoms with van der Waals surface area (Å²) in [5.41, 5.74) is 6.69. The van der Waals surface area contributed by atoms with E-state index >= 15 is 0 Å². The van der Waals surface area contributed by atoms with Gasteiger partial charge in [-0.2, -0.15) is 0 Å². The number of nitrogens with two attached hydrogens (primary N) is 1. The molecule has 1 aliphatic rings. The average Bonchev–Trinajstić information content (AvgIpc) is 2.48. The molecule has 1 saturated carbocycles. The first kappa shape index (κ1) is 19.0. The van der Waals surface area contributed by atoms with Gasteiger partial charge in [0.15, 0.2) is 5.96 Å². The molecule has 1 fully saturated rings. The third-order valence-electron chi connectivity index (χ3n) is 3.73. The molecule has 0 radical (unpaired) electrons. The van der Waals surface area contributed by atoms with Gasteiger partial charge in [0.2, 0.25) is 0 Å². The number of aliphatic imine (C=N–C) groups is 1. The Morgan fingerprint density at radius 1 is 1.27 bits per heavy atom. The van der Waals surface area contributed by atoms with Gasteiger partial charge in [-0.3, -0.25) is 4.99 Å². The molecule has 4 N–H and O–H groups in total. The van der Waals surface area contributed by atoms with Gasteiger partial charge >= 0.3 is 0 Å². The summed E-state index contributed by atoms with van der Waals surface area (Å²) in [6.45, 7) is 1.43. The minimum Gasteiger partial charge on any atom is -0.385 e. The maximum Gasteiger partial charge on any atom is 0.188 e. The van der Waals surface area contributed by atoms with Crippen molar-refractivity contribution in [1.29, 1.82) is 0 Å². The molecule has 0 atom stereocenters. The van der Waals surface area contributed by atoms with E-state index in [1.807, 2.05) is 6.07 Å². The lowest BCUT2D eigenvalue weighted by molar-refractivity contribution is 0.412. The van der Waals surface area contributed by atoms with Gasteiger partial charge in [0, 0.05) is 24.8 Å². The molecule has 0 saturated heterocycles. The fourth-order valence-electron chi connectivity index (χ4n) is 2.61.